The fourth-order valence-electron chi connectivity index (χ4n) is 1.71. The third kappa shape index (κ3) is 2.77. The highest BCUT2D eigenvalue weighted by atomic mass is 16.4. The summed E-state index contributed by atoms with van der Waals surface area (Å²) in [7, 11) is 0. The van der Waals surface area contributed by atoms with E-state index in [1.807, 2.05) is 0 Å². The van der Waals surface area contributed by atoms with Crippen LogP contribution in [0.1, 0.15) is 25.7 Å². The van der Waals surface area contributed by atoms with E-state index in [1.54, 1.807) is 0 Å². The van der Waals surface area contributed by atoms with Crippen molar-refractivity contribution in [1.29, 1.82) is 0 Å². The van der Waals surface area contributed by atoms with Crippen LogP contribution in [0.3, 0.4) is 0 Å². The quantitative estimate of drug-likeness (QED) is 0.640. The number of terminal acetylenes is 1. The number of hydrogen-bond acceptors (Lipinski definition) is 2. The third-order valence-electron chi connectivity index (χ3n) is 2.41. The van der Waals surface area contributed by atoms with Gasteiger partial charge < -0.3 is 10.4 Å². The molecule has 0 aliphatic heterocycles. The van der Waals surface area contributed by atoms with Gasteiger partial charge in [-0.3, -0.25) is 9.59 Å². The van der Waals surface area contributed by atoms with Crippen molar-refractivity contribution in [3.05, 3.63) is 0 Å². The molecule has 0 spiro atoms. The molecule has 0 aromatic rings. The monoisotopic (exact) mass is 195 g/mol. The van der Waals surface area contributed by atoms with Crippen molar-refractivity contribution in [2.75, 3.05) is 0 Å². The third-order valence-corrected chi connectivity index (χ3v) is 2.41. The number of amides is 1. The number of hydrogen-bond donors (Lipinski definition) is 2. The highest BCUT2D eigenvalue weighted by Crippen LogP contribution is 2.25. The van der Waals surface area contributed by atoms with Gasteiger partial charge in [-0.1, -0.05) is 5.92 Å². The van der Waals surface area contributed by atoms with Gasteiger partial charge in [0.05, 0.1) is 12.3 Å². The van der Waals surface area contributed by atoms with Crippen LogP contribution in [-0.2, 0) is 9.59 Å². The number of carbonyl (C=O) groups excluding carboxylic acids is 1. The Balaban J connectivity index is 2.33. The second-order valence-electron chi connectivity index (χ2n) is 3.49. The van der Waals surface area contributed by atoms with Crippen LogP contribution in [0.25, 0.3) is 0 Å². The van der Waals surface area contributed by atoms with E-state index in [2.05, 4.69) is 11.2 Å². The van der Waals surface area contributed by atoms with Crippen LogP contribution in [0.15, 0.2) is 0 Å². The average molecular weight is 195 g/mol. The summed E-state index contributed by atoms with van der Waals surface area (Å²) < 4.78 is 0. The van der Waals surface area contributed by atoms with E-state index in [4.69, 9.17) is 11.5 Å². The van der Waals surface area contributed by atoms with Gasteiger partial charge in [-0.15, -0.1) is 6.42 Å². The normalized spacial score (nSPS) is 25.4. The Labute approximate surface area is 82.7 Å². The number of carboxylic acid groups (broad SMARTS) is 1. The minimum atomic E-state index is -0.779. The zero-order chi connectivity index (χ0) is 10.6. The number of aliphatic carboxylic acids is 1. The molecular formula is C10H13NO3. The smallest absolute Gasteiger partial charge is 0.306 e. The molecule has 2 unspecified atom stereocenters. The van der Waals surface area contributed by atoms with Crippen molar-refractivity contribution in [2.45, 2.75) is 31.7 Å². The predicted octanol–water partition coefficient (Wildman–Crippen LogP) is 0.379. The van der Waals surface area contributed by atoms with Crippen LogP contribution in [-0.4, -0.2) is 23.0 Å². The lowest BCUT2D eigenvalue weighted by molar-refractivity contribution is -0.141. The Morgan fingerprint density at radius 1 is 1.50 bits per heavy atom. The van der Waals surface area contributed by atoms with Gasteiger partial charge in [-0.2, -0.15) is 0 Å². The Kier molecular flexibility index (Phi) is 3.52. The van der Waals surface area contributed by atoms with Gasteiger partial charge in [0.1, 0.15) is 0 Å². The molecule has 1 aliphatic carbocycles. The van der Waals surface area contributed by atoms with Crippen molar-refractivity contribution in [2.24, 2.45) is 5.92 Å². The van der Waals surface area contributed by atoms with Crippen molar-refractivity contribution < 1.29 is 14.7 Å². The van der Waals surface area contributed by atoms with E-state index >= 15 is 0 Å². The minimum absolute atomic E-state index is 0.0167. The highest BCUT2D eigenvalue weighted by Gasteiger charge is 2.30. The molecule has 0 heterocycles. The van der Waals surface area contributed by atoms with E-state index < -0.39 is 5.97 Å². The number of rotatable bonds is 3. The molecule has 1 saturated carbocycles. The van der Waals surface area contributed by atoms with Crippen LogP contribution >= 0.6 is 0 Å². The topological polar surface area (TPSA) is 66.4 Å². The van der Waals surface area contributed by atoms with Gasteiger partial charge in [0.15, 0.2) is 0 Å². The molecule has 0 aromatic carbocycles. The largest absolute Gasteiger partial charge is 0.481 e. The minimum Gasteiger partial charge on any atom is -0.481 e. The second-order valence-corrected chi connectivity index (χ2v) is 3.49. The van der Waals surface area contributed by atoms with E-state index in [0.29, 0.717) is 12.8 Å². The lowest BCUT2D eigenvalue weighted by Crippen LogP contribution is -2.32. The molecule has 0 aromatic heterocycles. The molecule has 1 rings (SSSR count). The summed E-state index contributed by atoms with van der Waals surface area (Å²) in [6, 6.07) is -0.0167. The van der Waals surface area contributed by atoms with E-state index in [-0.39, 0.29) is 24.3 Å². The number of carboxylic acids is 1. The zero-order valence-electron chi connectivity index (χ0n) is 7.82. The van der Waals surface area contributed by atoms with Crippen LogP contribution < -0.4 is 5.32 Å². The molecule has 0 radical (unpaired) electrons. The van der Waals surface area contributed by atoms with E-state index in [9.17, 15) is 9.59 Å². The summed E-state index contributed by atoms with van der Waals surface area (Å²) in [6.45, 7) is 0. The molecule has 4 nitrogen and oxygen atoms in total. The fraction of sp³-hybridized carbons (Fsp3) is 0.600. The van der Waals surface area contributed by atoms with Crippen molar-refractivity contribution in [1.82, 2.24) is 5.32 Å². The van der Waals surface area contributed by atoms with Gasteiger partial charge in [0.2, 0.25) is 5.91 Å². The second kappa shape index (κ2) is 4.66. The number of nitrogens with one attached hydrogen (secondary N) is 1. The maximum absolute atomic E-state index is 11.1. The first kappa shape index (κ1) is 10.6. The van der Waals surface area contributed by atoms with Crippen LogP contribution in [0.5, 0.6) is 0 Å². The first-order valence-corrected chi connectivity index (χ1v) is 4.59. The predicted molar refractivity (Wildman–Crippen MR) is 50.4 cm³/mol. The molecule has 1 fully saturated rings. The van der Waals surface area contributed by atoms with E-state index in [0.717, 1.165) is 6.42 Å². The fourth-order valence-corrected chi connectivity index (χ4v) is 1.71. The Morgan fingerprint density at radius 3 is 2.71 bits per heavy atom. The summed E-state index contributed by atoms with van der Waals surface area (Å²) in [6.07, 6.45) is 6.92. The van der Waals surface area contributed by atoms with Crippen LogP contribution in [0.4, 0.5) is 0 Å². The van der Waals surface area contributed by atoms with Gasteiger partial charge in [0.25, 0.3) is 0 Å². The molecule has 2 atom stereocenters. The standard InChI is InChI=1S/C10H13NO3/c1-2-3-9(12)11-8-5-4-7(6-8)10(13)14/h1,7-8H,3-6H2,(H,11,12)(H,13,14). The first-order valence-electron chi connectivity index (χ1n) is 4.59. The summed E-state index contributed by atoms with van der Waals surface area (Å²) in [4.78, 5) is 21.7. The SMILES string of the molecule is C#CCC(=O)NC1CCC(C(=O)O)C1. The molecule has 2 N–H and O–H groups in total. The zero-order valence-corrected chi connectivity index (χ0v) is 7.82. The molecule has 1 aliphatic rings. The summed E-state index contributed by atoms with van der Waals surface area (Å²) >= 11 is 0. The Bertz CT molecular complexity index is 280. The lowest BCUT2D eigenvalue weighted by atomic mass is 10.1. The summed E-state index contributed by atoms with van der Waals surface area (Å²) in [5, 5.41) is 11.4. The van der Waals surface area contributed by atoms with Gasteiger partial charge in [0, 0.05) is 6.04 Å². The van der Waals surface area contributed by atoms with Gasteiger partial charge >= 0.3 is 5.97 Å². The molecule has 14 heavy (non-hydrogen) atoms. The summed E-state index contributed by atoms with van der Waals surface area (Å²) in [5.74, 6) is 0.963. The lowest BCUT2D eigenvalue weighted by Gasteiger charge is -2.10. The average Bonchev–Trinajstić information content (AvgIpc) is 2.53. The van der Waals surface area contributed by atoms with Crippen molar-refractivity contribution in [3.63, 3.8) is 0 Å². The maximum atomic E-state index is 11.1. The molecule has 4 heteroatoms. The first-order chi connectivity index (χ1) is 6.63. The molecule has 1 amide bonds. The molecule has 0 saturated heterocycles. The van der Waals surface area contributed by atoms with Gasteiger partial charge in [-0.25, -0.2) is 0 Å². The van der Waals surface area contributed by atoms with E-state index in [1.165, 1.54) is 0 Å². The maximum Gasteiger partial charge on any atom is 0.306 e. The molecule has 0 bridgehead atoms. The van der Waals surface area contributed by atoms with Gasteiger partial charge in [-0.05, 0) is 19.3 Å². The van der Waals surface area contributed by atoms with Crippen LogP contribution in [0.2, 0.25) is 0 Å². The molecule has 76 valence electrons. The summed E-state index contributed by atoms with van der Waals surface area (Å²) in [5.41, 5.74) is 0. The highest BCUT2D eigenvalue weighted by molar-refractivity contribution is 5.79. The number of carbonyl (C=O) groups is 2. The Hall–Kier alpha value is -1.50. The van der Waals surface area contributed by atoms with Crippen molar-refractivity contribution >= 4 is 11.9 Å². The molecular weight excluding hydrogens is 182 g/mol. The van der Waals surface area contributed by atoms with Crippen molar-refractivity contribution in [3.8, 4) is 12.3 Å². The van der Waals surface area contributed by atoms with Crippen LogP contribution in [0, 0.1) is 18.3 Å². The Morgan fingerprint density at radius 2 is 2.21 bits per heavy atom.